The van der Waals surface area contributed by atoms with Gasteiger partial charge < -0.3 is 10.4 Å². The van der Waals surface area contributed by atoms with Crippen molar-refractivity contribution in [3.63, 3.8) is 0 Å². The summed E-state index contributed by atoms with van der Waals surface area (Å²) < 4.78 is 0. The van der Waals surface area contributed by atoms with Gasteiger partial charge in [0.25, 0.3) is 0 Å². The third-order valence-electron chi connectivity index (χ3n) is 2.91. The zero-order chi connectivity index (χ0) is 12.8. The molecule has 0 bridgehead atoms. The molecule has 3 nitrogen and oxygen atoms in total. The lowest BCUT2D eigenvalue weighted by Gasteiger charge is -2.12. The van der Waals surface area contributed by atoms with Crippen LogP contribution in [0.4, 0.5) is 0 Å². The molecule has 1 unspecified atom stereocenters. The van der Waals surface area contributed by atoms with Crippen molar-refractivity contribution >= 4 is 5.91 Å². The molecular formula is C14H21NO2. The summed E-state index contributed by atoms with van der Waals surface area (Å²) in [5.41, 5.74) is 2.13. The van der Waals surface area contributed by atoms with Gasteiger partial charge in [0, 0.05) is 13.5 Å². The number of aliphatic hydroxyl groups is 1. The molecule has 2 N–H and O–H groups in total. The van der Waals surface area contributed by atoms with Gasteiger partial charge in [-0.05, 0) is 23.5 Å². The fraction of sp³-hybridized carbons (Fsp3) is 0.500. The van der Waals surface area contributed by atoms with Gasteiger partial charge in [-0.25, -0.2) is 0 Å². The second kappa shape index (κ2) is 6.40. The van der Waals surface area contributed by atoms with E-state index in [4.69, 9.17) is 0 Å². The van der Waals surface area contributed by atoms with Gasteiger partial charge in [-0.3, -0.25) is 4.79 Å². The van der Waals surface area contributed by atoms with Crippen LogP contribution in [0.15, 0.2) is 24.3 Å². The number of nitrogens with one attached hydrogen (secondary N) is 1. The van der Waals surface area contributed by atoms with E-state index in [0.717, 1.165) is 5.56 Å². The Hall–Kier alpha value is -1.35. The van der Waals surface area contributed by atoms with Crippen molar-refractivity contribution in [2.45, 2.75) is 38.7 Å². The summed E-state index contributed by atoms with van der Waals surface area (Å²) in [5, 5.41) is 12.5. The molecule has 1 atom stereocenters. The Morgan fingerprint density at radius 2 is 1.76 bits per heavy atom. The van der Waals surface area contributed by atoms with Crippen molar-refractivity contribution in [2.24, 2.45) is 0 Å². The molecule has 0 radical (unpaired) electrons. The SMILES string of the molecule is CNC(=O)CCC(O)c1ccc(C(C)C)cc1. The van der Waals surface area contributed by atoms with E-state index in [9.17, 15) is 9.90 Å². The molecule has 0 saturated carbocycles. The van der Waals surface area contributed by atoms with Crippen LogP contribution in [-0.4, -0.2) is 18.1 Å². The number of aliphatic hydroxyl groups excluding tert-OH is 1. The molecule has 1 amide bonds. The maximum Gasteiger partial charge on any atom is 0.219 e. The lowest BCUT2D eigenvalue weighted by atomic mass is 9.98. The molecule has 94 valence electrons. The predicted molar refractivity (Wildman–Crippen MR) is 68.8 cm³/mol. The number of hydrogen-bond acceptors (Lipinski definition) is 2. The van der Waals surface area contributed by atoms with Crippen LogP contribution in [0.3, 0.4) is 0 Å². The summed E-state index contributed by atoms with van der Waals surface area (Å²) in [6.07, 6.45) is 0.248. The van der Waals surface area contributed by atoms with E-state index in [1.165, 1.54) is 5.56 Å². The van der Waals surface area contributed by atoms with E-state index in [-0.39, 0.29) is 5.91 Å². The van der Waals surface area contributed by atoms with Crippen molar-refractivity contribution in [1.29, 1.82) is 0 Å². The number of benzene rings is 1. The van der Waals surface area contributed by atoms with Gasteiger partial charge in [0.2, 0.25) is 5.91 Å². The Labute approximate surface area is 103 Å². The number of amides is 1. The van der Waals surface area contributed by atoms with Gasteiger partial charge in [-0.2, -0.15) is 0 Å². The molecule has 3 heteroatoms. The molecule has 0 fully saturated rings. The first kappa shape index (κ1) is 13.7. The maximum absolute atomic E-state index is 11.1. The summed E-state index contributed by atoms with van der Waals surface area (Å²) in [5.74, 6) is 0.454. The first-order valence-electron chi connectivity index (χ1n) is 6.03. The van der Waals surface area contributed by atoms with E-state index in [1.54, 1.807) is 7.05 Å². The zero-order valence-electron chi connectivity index (χ0n) is 10.7. The van der Waals surface area contributed by atoms with Gasteiger partial charge in [-0.15, -0.1) is 0 Å². The molecule has 0 heterocycles. The van der Waals surface area contributed by atoms with Crippen LogP contribution in [0.1, 0.15) is 49.8 Å². The molecule has 1 aromatic rings. The number of carbonyl (C=O) groups is 1. The molecule has 1 rings (SSSR count). The van der Waals surface area contributed by atoms with Crippen molar-refractivity contribution < 1.29 is 9.90 Å². The number of rotatable bonds is 5. The minimum atomic E-state index is -0.562. The van der Waals surface area contributed by atoms with Crippen molar-refractivity contribution in [2.75, 3.05) is 7.05 Å². The van der Waals surface area contributed by atoms with Crippen molar-refractivity contribution in [3.05, 3.63) is 35.4 Å². The van der Waals surface area contributed by atoms with Crippen LogP contribution in [0.5, 0.6) is 0 Å². The monoisotopic (exact) mass is 235 g/mol. The van der Waals surface area contributed by atoms with Gasteiger partial charge >= 0.3 is 0 Å². The molecule has 17 heavy (non-hydrogen) atoms. The lowest BCUT2D eigenvalue weighted by Crippen LogP contribution is -2.18. The largest absolute Gasteiger partial charge is 0.388 e. The Kier molecular flexibility index (Phi) is 5.16. The Morgan fingerprint density at radius 3 is 2.24 bits per heavy atom. The van der Waals surface area contributed by atoms with Gasteiger partial charge in [0.05, 0.1) is 6.10 Å². The van der Waals surface area contributed by atoms with Crippen molar-refractivity contribution in [1.82, 2.24) is 5.32 Å². The molecule has 0 saturated heterocycles. The summed E-state index contributed by atoms with van der Waals surface area (Å²) in [6, 6.07) is 7.93. The van der Waals surface area contributed by atoms with Gasteiger partial charge in [0.1, 0.15) is 0 Å². The molecule has 0 aromatic heterocycles. The van der Waals surface area contributed by atoms with Gasteiger partial charge in [-0.1, -0.05) is 38.1 Å². The quantitative estimate of drug-likeness (QED) is 0.823. The highest BCUT2D eigenvalue weighted by Gasteiger charge is 2.10. The zero-order valence-corrected chi connectivity index (χ0v) is 10.7. The first-order valence-corrected chi connectivity index (χ1v) is 6.03. The second-order valence-corrected chi connectivity index (χ2v) is 4.55. The summed E-state index contributed by atoms with van der Waals surface area (Å²) in [6.45, 7) is 4.27. The van der Waals surface area contributed by atoms with Crippen LogP contribution in [-0.2, 0) is 4.79 Å². The van der Waals surface area contributed by atoms with Gasteiger partial charge in [0.15, 0.2) is 0 Å². The van der Waals surface area contributed by atoms with E-state index in [1.807, 2.05) is 24.3 Å². The smallest absolute Gasteiger partial charge is 0.219 e. The summed E-state index contributed by atoms with van der Waals surface area (Å²) in [4.78, 5) is 11.1. The van der Waals surface area contributed by atoms with E-state index in [2.05, 4.69) is 19.2 Å². The Bertz CT molecular complexity index is 357. The standard InChI is InChI=1S/C14H21NO2/c1-10(2)11-4-6-12(7-5-11)13(16)8-9-14(17)15-3/h4-7,10,13,16H,8-9H2,1-3H3,(H,15,17). The molecule has 0 aliphatic heterocycles. The molecule has 0 aliphatic carbocycles. The number of carbonyl (C=O) groups excluding carboxylic acids is 1. The second-order valence-electron chi connectivity index (χ2n) is 4.55. The Balaban J connectivity index is 2.57. The fourth-order valence-electron chi connectivity index (χ4n) is 1.66. The minimum Gasteiger partial charge on any atom is -0.388 e. The summed E-state index contributed by atoms with van der Waals surface area (Å²) >= 11 is 0. The highest BCUT2D eigenvalue weighted by atomic mass is 16.3. The average molecular weight is 235 g/mol. The molecular weight excluding hydrogens is 214 g/mol. The first-order chi connectivity index (χ1) is 8.04. The highest BCUT2D eigenvalue weighted by molar-refractivity contribution is 5.75. The number of hydrogen-bond donors (Lipinski definition) is 2. The van der Waals surface area contributed by atoms with Crippen LogP contribution in [0.2, 0.25) is 0 Å². The predicted octanol–water partition coefficient (Wildman–Crippen LogP) is 2.37. The average Bonchev–Trinajstić information content (AvgIpc) is 2.35. The highest BCUT2D eigenvalue weighted by Crippen LogP contribution is 2.21. The maximum atomic E-state index is 11.1. The van der Waals surface area contributed by atoms with Crippen LogP contribution >= 0.6 is 0 Å². The fourth-order valence-corrected chi connectivity index (χ4v) is 1.66. The molecule has 1 aromatic carbocycles. The van der Waals surface area contributed by atoms with Crippen LogP contribution in [0, 0.1) is 0 Å². The Morgan fingerprint density at radius 1 is 1.24 bits per heavy atom. The topological polar surface area (TPSA) is 49.3 Å². The normalized spacial score (nSPS) is 12.5. The van der Waals surface area contributed by atoms with E-state index < -0.39 is 6.10 Å². The molecule has 0 spiro atoms. The minimum absolute atomic E-state index is 0.0390. The van der Waals surface area contributed by atoms with E-state index in [0.29, 0.717) is 18.8 Å². The van der Waals surface area contributed by atoms with Crippen LogP contribution < -0.4 is 5.32 Å². The lowest BCUT2D eigenvalue weighted by molar-refractivity contribution is -0.121. The third kappa shape index (κ3) is 4.19. The third-order valence-corrected chi connectivity index (χ3v) is 2.91. The van der Waals surface area contributed by atoms with Crippen molar-refractivity contribution in [3.8, 4) is 0 Å². The summed E-state index contributed by atoms with van der Waals surface area (Å²) in [7, 11) is 1.60. The molecule has 0 aliphatic rings. The van der Waals surface area contributed by atoms with E-state index >= 15 is 0 Å². The van der Waals surface area contributed by atoms with Crippen LogP contribution in [0.25, 0.3) is 0 Å².